The molecule has 11 heavy (non-hydrogen) atoms. The van der Waals surface area contributed by atoms with Crippen LogP contribution in [0.15, 0.2) is 0 Å². The number of amides is 3. The summed E-state index contributed by atoms with van der Waals surface area (Å²) in [6, 6.07) is -0.319. The Morgan fingerprint density at radius 2 is 1.82 bits per heavy atom. The van der Waals surface area contributed by atoms with Gasteiger partial charge in [-0.05, 0) is 13.8 Å². The van der Waals surface area contributed by atoms with Crippen LogP contribution in [0.25, 0.3) is 0 Å². The van der Waals surface area contributed by atoms with Crippen LogP contribution in [0.5, 0.6) is 0 Å². The van der Waals surface area contributed by atoms with E-state index in [1.807, 2.05) is 0 Å². The van der Waals surface area contributed by atoms with Gasteiger partial charge in [0.05, 0.1) is 16.1 Å². The van der Waals surface area contributed by atoms with E-state index in [0.29, 0.717) is 0 Å². The summed E-state index contributed by atoms with van der Waals surface area (Å²) in [6.45, 7) is 3.37. The van der Waals surface area contributed by atoms with Gasteiger partial charge in [-0.15, -0.1) is 0 Å². The van der Waals surface area contributed by atoms with E-state index in [2.05, 4.69) is 16.1 Å². The van der Waals surface area contributed by atoms with E-state index in [0.717, 1.165) is 4.90 Å². The van der Waals surface area contributed by atoms with Gasteiger partial charge in [-0.25, -0.2) is 8.72 Å². The first-order valence-corrected chi connectivity index (χ1v) is 3.88. The quantitative estimate of drug-likeness (QED) is 0.451. The molecule has 0 aromatic carbocycles. The number of hydrogen-bond donors (Lipinski definition) is 0. The van der Waals surface area contributed by atoms with Gasteiger partial charge in [0.15, 0.2) is 0 Å². The lowest BCUT2D eigenvalue weighted by molar-refractivity contribution is -0.130. The lowest BCUT2D eigenvalue weighted by Gasteiger charge is -2.19. The molecule has 0 unspecified atom stereocenters. The molecule has 0 spiro atoms. The van der Waals surface area contributed by atoms with Crippen molar-refractivity contribution < 1.29 is 9.59 Å². The summed E-state index contributed by atoms with van der Waals surface area (Å²) >= 11 is 3.03. The Hall–Kier alpha value is -0.580. The SMILES string of the molecule is CN1C(=O)N(Br)C(C)(C)C1=O. The molecule has 0 aromatic heterocycles. The van der Waals surface area contributed by atoms with Gasteiger partial charge in [-0.3, -0.25) is 9.69 Å². The Morgan fingerprint density at radius 3 is 1.91 bits per heavy atom. The summed E-state index contributed by atoms with van der Waals surface area (Å²) in [7, 11) is 1.47. The first kappa shape index (κ1) is 8.52. The van der Waals surface area contributed by atoms with Crippen LogP contribution < -0.4 is 0 Å². The maximum absolute atomic E-state index is 11.3. The number of hydrogen-bond acceptors (Lipinski definition) is 2. The van der Waals surface area contributed by atoms with E-state index < -0.39 is 5.54 Å². The molecule has 0 atom stereocenters. The third kappa shape index (κ3) is 0.946. The molecular weight excluding hydrogens is 212 g/mol. The molecule has 4 nitrogen and oxygen atoms in total. The molecule has 1 rings (SSSR count). The highest BCUT2D eigenvalue weighted by atomic mass is 79.9. The van der Waals surface area contributed by atoms with Crippen LogP contribution in [0.1, 0.15) is 13.8 Å². The molecule has 62 valence electrons. The maximum atomic E-state index is 11.3. The van der Waals surface area contributed by atoms with Crippen LogP contribution in [-0.2, 0) is 4.79 Å². The zero-order chi connectivity index (χ0) is 8.81. The first-order valence-electron chi connectivity index (χ1n) is 3.17. The minimum absolute atomic E-state index is 0.195. The van der Waals surface area contributed by atoms with Crippen LogP contribution in [0.4, 0.5) is 4.79 Å². The second kappa shape index (κ2) is 2.20. The molecule has 0 saturated carbocycles. The molecule has 0 N–H and O–H groups in total. The van der Waals surface area contributed by atoms with E-state index in [4.69, 9.17) is 0 Å². The van der Waals surface area contributed by atoms with Crippen molar-refractivity contribution in [2.75, 3.05) is 7.05 Å². The number of halogens is 1. The Bertz CT molecular complexity index is 227. The molecule has 0 aliphatic carbocycles. The molecule has 1 fully saturated rings. The second-order valence-corrected chi connectivity index (χ2v) is 3.70. The van der Waals surface area contributed by atoms with Gasteiger partial charge in [0.25, 0.3) is 5.91 Å². The molecule has 1 aliphatic heterocycles. The van der Waals surface area contributed by atoms with Crippen molar-refractivity contribution in [2.45, 2.75) is 19.4 Å². The first-order chi connectivity index (χ1) is 4.89. The molecule has 0 aromatic rings. The van der Waals surface area contributed by atoms with Gasteiger partial charge in [0, 0.05) is 7.05 Å². The lowest BCUT2D eigenvalue weighted by atomic mass is 10.1. The van der Waals surface area contributed by atoms with E-state index in [-0.39, 0.29) is 11.9 Å². The van der Waals surface area contributed by atoms with Crippen LogP contribution >= 0.6 is 16.1 Å². The Morgan fingerprint density at radius 1 is 1.36 bits per heavy atom. The van der Waals surface area contributed by atoms with Gasteiger partial charge >= 0.3 is 6.03 Å². The van der Waals surface area contributed by atoms with Crippen LogP contribution in [0.3, 0.4) is 0 Å². The van der Waals surface area contributed by atoms with Crippen molar-refractivity contribution in [3.05, 3.63) is 0 Å². The standard InChI is InChI=1S/C6H9BrN2O2/c1-6(2)4(10)8(3)5(11)9(6)7/h1-3H3. The molecule has 0 bridgehead atoms. The molecule has 0 radical (unpaired) electrons. The summed E-state index contributed by atoms with van der Waals surface area (Å²) in [5, 5.41) is 0. The summed E-state index contributed by atoms with van der Waals surface area (Å²) < 4.78 is 1.25. The number of imide groups is 1. The van der Waals surface area contributed by atoms with Crippen molar-refractivity contribution >= 4 is 28.1 Å². The highest BCUT2D eigenvalue weighted by Gasteiger charge is 2.48. The summed E-state index contributed by atoms with van der Waals surface area (Å²) in [4.78, 5) is 23.5. The predicted octanol–water partition coefficient (Wildman–Crippen LogP) is 0.969. The zero-order valence-corrected chi connectivity index (χ0v) is 8.17. The van der Waals surface area contributed by atoms with E-state index in [9.17, 15) is 9.59 Å². The summed E-state index contributed by atoms with van der Waals surface area (Å²) in [5.41, 5.74) is -0.758. The number of rotatable bonds is 0. The molecule has 1 heterocycles. The van der Waals surface area contributed by atoms with E-state index in [1.165, 1.54) is 11.0 Å². The van der Waals surface area contributed by atoms with Crippen LogP contribution in [0, 0.1) is 0 Å². The smallest absolute Gasteiger partial charge is 0.272 e. The minimum Gasteiger partial charge on any atom is -0.272 e. The number of carbonyl (C=O) groups excluding carboxylic acids is 2. The number of urea groups is 1. The fraction of sp³-hybridized carbons (Fsp3) is 0.667. The predicted molar refractivity (Wildman–Crippen MR) is 43.0 cm³/mol. The van der Waals surface area contributed by atoms with Gasteiger partial charge in [-0.1, -0.05) is 0 Å². The molecular formula is C6H9BrN2O2. The van der Waals surface area contributed by atoms with Crippen LogP contribution in [-0.4, -0.2) is 33.4 Å². The molecule has 3 amide bonds. The van der Waals surface area contributed by atoms with Crippen molar-refractivity contribution in [1.29, 1.82) is 0 Å². The fourth-order valence-corrected chi connectivity index (χ4v) is 1.34. The lowest BCUT2D eigenvalue weighted by Crippen LogP contribution is -2.38. The van der Waals surface area contributed by atoms with Gasteiger partial charge < -0.3 is 0 Å². The largest absolute Gasteiger partial charge is 0.337 e. The zero-order valence-electron chi connectivity index (χ0n) is 6.59. The molecule has 1 aliphatic rings. The summed E-state index contributed by atoms with van der Waals surface area (Å²) in [6.07, 6.45) is 0. The third-order valence-corrected chi connectivity index (χ3v) is 2.96. The monoisotopic (exact) mass is 220 g/mol. The Labute approximate surface area is 73.5 Å². The van der Waals surface area contributed by atoms with Crippen molar-refractivity contribution in [2.24, 2.45) is 0 Å². The van der Waals surface area contributed by atoms with Crippen molar-refractivity contribution in [1.82, 2.24) is 8.83 Å². The summed E-state index contributed by atoms with van der Waals surface area (Å²) in [5.74, 6) is -0.195. The fourth-order valence-electron chi connectivity index (χ4n) is 0.952. The average Bonchev–Trinajstić information content (AvgIpc) is 2.06. The highest BCUT2D eigenvalue weighted by molar-refractivity contribution is 9.07. The normalized spacial score (nSPS) is 23.3. The molecule has 5 heteroatoms. The number of likely N-dealkylation sites (N-methyl/N-ethyl adjacent to an activating group) is 1. The van der Waals surface area contributed by atoms with E-state index >= 15 is 0 Å². The third-order valence-electron chi connectivity index (χ3n) is 1.77. The van der Waals surface area contributed by atoms with E-state index in [1.54, 1.807) is 13.8 Å². The average molecular weight is 221 g/mol. The number of carbonyl (C=O) groups is 2. The minimum atomic E-state index is -0.758. The van der Waals surface area contributed by atoms with Gasteiger partial charge in [-0.2, -0.15) is 0 Å². The highest BCUT2D eigenvalue weighted by Crippen LogP contribution is 2.29. The Kier molecular flexibility index (Phi) is 1.70. The van der Waals surface area contributed by atoms with Crippen LogP contribution in [0.2, 0.25) is 0 Å². The van der Waals surface area contributed by atoms with Crippen molar-refractivity contribution in [3.63, 3.8) is 0 Å². The molecule has 1 saturated heterocycles. The second-order valence-electron chi connectivity index (χ2n) is 2.99. The Balaban J connectivity index is 3.06. The van der Waals surface area contributed by atoms with Crippen molar-refractivity contribution in [3.8, 4) is 0 Å². The number of nitrogens with zero attached hydrogens (tertiary/aromatic N) is 2. The maximum Gasteiger partial charge on any atom is 0.337 e. The van der Waals surface area contributed by atoms with Gasteiger partial charge in [0.1, 0.15) is 5.54 Å². The van der Waals surface area contributed by atoms with Gasteiger partial charge in [0.2, 0.25) is 0 Å². The topological polar surface area (TPSA) is 40.6 Å².